The van der Waals surface area contributed by atoms with E-state index < -0.39 is 7.12 Å². The highest BCUT2D eigenvalue weighted by Gasteiger charge is 2.61. The van der Waals surface area contributed by atoms with E-state index in [1.807, 2.05) is 24.3 Å². The molecule has 11 rings (SSSR count). The highest BCUT2D eigenvalue weighted by molar-refractivity contribution is 6.66. The molecule has 43 heavy (non-hydrogen) atoms. The second-order valence-corrected chi connectivity index (χ2v) is 13.9. The van der Waals surface area contributed by atoms with Gasteiger partial charge in [-0.05, 0) is 145 Å². The van der Waals surface area contributed by atoms with E-state index in [0.29, 0.717) is 5.46 Å². The SMILES string of the molecule is OB(O)c1c2ccccc2c(-c2ccc3cc4c(cc3c2)C2(c3ccccc3-4)C3CC4CC(C3)CC2C4)c2ccccc12. The minimum absolute atomic E-state index is 0.155. The first-order chi connectivity index (χ1) is 21.1. The molecule has 2 nitrogen and oxygen atoms in total. The summed E-state index contributed by atoms with van der Waals surface area (Å²) in [5, 5.41) is 27.4. The van der Waals surface area contributed by atoms with E-state index in [-0.39, 0.29) is 5.41 Å². The van der Waals surface area contributed by atoms with E-state index >= 15 is 0 Å². The predicted molar refractivity (Wildman–Crippen MR) is 177 cm³/mol. The van der Waals surface area contributed by atoms with Crippen molar-refractivity contribution in [3.8, 4) is 22.3 Å². The van der Waals surface area contributed by atoms with Crippen LogP contribution in [-0.4, -0.2) is 17.2 Å². The number of hydrogen-bond acceptors (Lipinski definition) is 2. The first-order valence-corrected chi connectivity index (χ1v) is 16.1. The van der Waals surface area contributed by atoms with Crippen LogP contribution in [0.25, 0.3) is 54.6 Å². The van der Waals surface area contributed by atoms with Gasteiger partial charge in [0.25, 0.3) is 0 Å². The van der Waals surface area contributed by atoms with Crippen LogP contribution in [0.2, 0.25) is 0 Å². The van der Waals surface area contributed by atoms with Crippen molar-refractivity contribution in [1.82, 2.24) is 0 Å². The van der Waals surface area contributed by atoms with E-state index in [2.05, 4.69) is 78.9 Å². The van der Waals surface area contributed by atoms with Crippen LogP contribution in [0.3, 0.4) is 0 Å². The maximum atomic E-state index is 10.4. The van der Waals surface area contributed by atoms with Crippen molar-refractivity contribution in [2.45, 2.75) is 37.5 Å². The Hall–Kier alpha value is -3.92. The smallest absolute Gasteiger partial charge is 0.423 e. The predicted octanol–water partition coefficient (Wildman–Crippen LogP) is 8.22. The number of fused-ring (bicyclic) bond motifs is 6. The average molecular weight is 557 g/mol. The lowest BCUT2D eigenvalue weighted by Gasteiger charge is -2.61. The van der Waals surface area contributed by atoms with Crippen molar-refractivity contribution >= 4 is 44.9 Å². The molecular formula is C40H33BO2. The summed E-state index contributed by atoms with van der Waals surface area (Å²) < 4.78 is 0. The summed E-state index contributed by atoms with van der Waals surface area (Å²) in [6, 6.07) is 37.7. The largest absolute Gasteiger partial charge is 0.489 e. The summed E-state index contributed by atoms with van der Waals surface area (Å²) in [4.78, 5) is 0. The van der Waals surface area contributed by atoms with Crippen LogP contribution in [-0.2, 0) is 5.41 Å². The van der Waals surface area contributed by atoms with Gasteiger partial charge in [0, 0.05) is 5.41 Å². The lowest BCUT2D eigenvalue weighted by molar-refractivity contribution is -0.0399. The van der Waals surface area contributed by atoms with Gasteiger partial charge in [-0.1, -0.05) is 84.9 Å². The van der Waals surface area contributed by atoms with Crippen molar-refractivity contribution in [2.75, 3.05) is 0 Å². The zero-order valence-electron chi connectivity index (χ0n) is 24.1. The third kappa shape index (κ3) is 3.12. The molecule has 5 aliphatic rings. The Morgan fingerprint density at radius 1 is 0.535 bits per heavy atom. The molecule has 4 fully saturated rings. The number of hydrogen-bond donors (Lipinski definition) is 2. The summed E-state index contributed by atoms with van der Waals surface area (Å²) in [6.45, 7) is 0. The minimum Gasteiger partial charge on any atom is -0.423 e. The molecule has 4 bridgehead atoms. The van der Waals surface area contributed by atoms with E-state index in [9.17, 15) is 10.0 Å². The molecule has 0 saturated heterocycles. The third-order valence-corrected chi connectivity index (χ3v) is 12.0. The lowest BCUT2D eigenvalue weighted by Crippen LogP contribution is -2.55. The summed E-state index contributed by atoms with van der Waals surface area (Å²) in [7, 11) is -1.54. The fourth-order valence-corrected chi connectivity index (χ4v) is 10.8. The van der Waals surface area contributed by atoms with Gasteiger partial charge < -0.3 is 10.0 Å². The van der Waals surface area contributed by atoms with Crippen molar-refractivity contribution < 1.29 is 10.0 Å². The standard InChI is InChI=1S/C40H33BO2/c42-41(43)39-33-10-3-1-8-31(33)38(32-9-2-4-11-34(32)39)26-14-13-25-21-35-30-7-5-6-12-36(30)40(37(35)22-27(25)20-26)28-16-23-15-24(18-28)19-29(40)17-23/h1-14,20-24,28-29,42-43H,15-19H2. The maximum Gasteiger partial charge on any atom is 0.489 e. The average Bonchev–Trinajstić information content (AvgIpc) is 3.30. The Morgan fingerprint density at radius 2 is 1.14 bits per heavy atom. The molecule has 4 saturated carbocycles. The van der Waals surface area contributed by atoms with E-state index in [1.54, 1.807) is 11.1 Å². The van der Waals surface area contributed by atoms with Gasteiger partial charge in [0.05, 0.1) is 0 Å². The summed E-state index contributed by atoms with van der Waals surface area (Å²) >= 11 is 0. The van der Waals surface area contributed by atoms with Crippen LogP contribution in [0.4, 0.5) is 0 Å². The quantitative estimate of drug-likeness (QED) is 0.167. The molecular weight excluding hydrogens is 523 g/mol. The third-order valence-electron chi connectivity index (χ3n) is 12.0. The van der Waals surface area contributed by atoms with E-state index in [4.69, 9.17) is 0 Å². The number of benzene rings is 6. The Morgan fingerprint density at radius 3 is 1.79 bits per heavy atom. The highest BCUT2D eigenvalue weighted by atomic mass is 16.4. The Labute approximate surface area is 252 Å². The molecule has 5 aliphatic carbocycles. The van der Waals surface area contributed by atoms with Gasteiger partial charge in [-0.25, -0.2) is 0 Å². The van der Waals surface area contributed by atoms with Gasteiger partial charge in [0.2, 0.25) is 0 Å². The van der Waals surface area contributed by atoms with Gasteiger partial charge in [0.15, 0.2) is 0 Å². The molecule has 0 radical (unpaired) electrons. The van der Waals surface area contributed by atoms with Crippen molar-refractivity contribution in [3.63, 3.8) is 0 Å². The second kappa shape index (κ2) is 8.59. The summed E-state index contributed by atoms with van der Waals surface area (Å²) in [5.41, 5.74) is 9.17. The molecule has 0 heterocycles. The Balaban J connectivity index is 1.24. The molecule has 6 aromatic carbocycles. The normalized spacial score (nSPS) is 26.5. The van der Waals surface area contributed by atoms with Crippen LogP contribution >= 0.6 is 0 Å². The maximum absolute atomic E-state index is 10.4. The zero-order valence-corrected chi connectivity index (χ0v) is 24.1. The van der Waals surface area contributed by atoms with Crippen LogP contribution in [0.5, 0.6) is 0 Å². The second-order valence-electron chi connectivity index (χ2n) is 13.9. The molecule has 0 amide bonds. The van der Waals surface area contributed by atoms with E-state index in [1.165, 1.54) is 59.6 Å². The Kier molecular flexibility index (Phi) is 4.90. The molecule has 1 spiro atoms. The lowest BCUT2D eigenvalue weighted by atomic mass is 9.43. The molecule has 0 unspecified atom stereocenters. The molecule has 0 aliphatic heterocycles. The fraction of sp³-hybridized carbons (Fsp3) is 0.250. The van der Waals surface area contributed by atoms with Crippen LogP contribution in [0, 0.1) is 23.7 Å². The van der Waals surface area contributed by atoms with Gasteiger partial charge in [-0.2, -0.15) is 0 Å². The summed E-state index contributed by atoms with van der Waals surface area (Å²) in [6.07, 6.45) is 7.02. The topological polar surface area (TPSA) is 40.5 Å². The van der Waals surface area contributed by atoms with Gasteiger partial charge >= 0.3 is 7.12 Å². The first kappa shape index (κ1) is 24.5. The van der Waals surface area contributed by atoms with Crippen molar-refractivity contribution in [1.29, 1.82) is 0 Å². The summed E-state index contributed by atoms with van der Waals surface area (Å²) in [5.74, 6) is 3.35. The van der Waals surface area contributed by atoms with Crippen molar-refractivity contribution in [2.24, 2.45) is 23.7 Å². The van der Waals surface area contributed by atoms with E-state index in [0.717, 1.165) is 50.8 Å². The zero-order chi connectivity index (χ0) is 28.4. The van der Waals surface area contributed by atoms with Crippen LogP contribution < -0.4 is 5.46 Å². The fourth-order valence-electron chi connectivity index (χ4n) is 10.8. The molecule has 2 N–H and O–H groups in total. The van der Waals surface area contributed by atoms with Gasteiger partial charge in [0.1, 0.15) is 0 Å². The molecule has 0 aromatic heterocycles. The molecule has 208 valence electrons. The van der Waals surface area contributed by atoms with Gasteiger partial charge in [-0.15, -0.1) is 0 Å². The molecule has 6 aromatic rings. The van der Waals surface area contributed by atoms with Gasteiger partial charge in [-0.3, -0.25) is 0 Å². The highest BCUT2D eigenvalue weighted by Crippen LogP contribution is 2.69. The van der Waals surface area contributed by atoms with Crippen molar-refractivity contribution in [3.05, 3.63) is 114 Å². The molecule has 0 atom stereocenters. The van der Waals surface area contributed by atoms with Crippen LogP contribution in [0.1, 0.15) is 43.2 Å². The minimum atomic E-state index is -1.54. The monoisotopic (exact) mass is 556 g/mol. The molecule has 3 heteroatoms. The number of rotatable bonds is 2. The first-order valence-electron chi connectivity index (χ1n) is 16.1. The Bertz CT molecular complexity index is 2060. The van der Waals surface area contributed by atoms with Crippen LogP contribution in [0.15, 0.2) is 103 Å².